The van der Waals surface area contributed by atoms with Gasteiger partial charge < -0.3 is 16.0 Å². The first kappa shape index (κ1) is 24.4. The number of amides is 2. The van der Waals surface area contributed by atoms with Crippen LogP contribution in [0.3, 0.4) is 0 Å². The maximum Gasteiger partial charge on any atom is 0.234 e. The molecule has 0 bridgehead atoms. The van der Waals surface area contributed by atoms with Crippen molar-refractivity contribution in [3.05, 3.63) is 0 Å². The molecule has 1 aliphatic carbocycles. The number of rotatable bonds is 5. The molecule has 1 aliphatic heterocycles. The smallest absolute Gasteiger partial charge is 0.234 e. The molecule has 1 saturated carbocycles. The maximum atomic E-state index is 12.2. The average molecular weight is 397 g/mol. The predicted octanol–water partition coefficient (Wildman–Crippen LogP) is 1.41. The molecule has 2 fully saturated rings. The van der Waals surface area contributed by atoms with Gasteiger partial charge in [-0.1, -0.05) is 19.8 Å². The first-order valence-electron chi connectivity index (χ1n) is 8.99. The van der Waals surface area contributed by atoms with E-state index in [9.17, 15) is 9.59 Å². The second-order valence-corrected chi connectivity index (χ2v) is 7.37. The van der Waals surface area contributed by atoms with Crippen molar-refractivity contribution < 1.29 is 9.59 Å². The minimum absolute atomic E-state index is 0. The van der Waals surface area contributed by atoms with Crippen LogP contribution in [0.1, 0.15) is 46.0 Å². The monoisotopic (exact) mass is 396 g/mol. The van der Waals surface area contributed by atoms with Crippen LogP contribution in [-0.4, -0.2) is 66.4 Å². The van der Waals surface area contributed by atoms with Crippen LogP contribution >= 0.6 is 24.8 Å². The van der Waals surface area contributed by atoms with Crippen molar-refractivity contribution in [1.29, 1.82) is 0 Å². The van der Waals surface area contributed by atoms with Gasteiger partial charge in [-0.25, -0.2) is 0 Å². The van der Waals surface area contributed by atoms with E-state index in [4.69, 9.17) is 5.73 Å². The van der Waals surface area contributed by atoms with Gasteiger partial charge in [0.1, 0.15) is 0 Å². The molecule has 6 nitrogen and oxygen atoms in total. The maximum absolute atomic E-state index is 12.2. The standard InChI is InChI=1S/C17H32N4O2.2ClH/c1-13-4-3-5-15(10-13)19-16(22)12-20-6-8-21(9-7-20)17(23)11-14(2)18;;/h13-15H,3-12,18H2,1-2H3,(H,19,22);2*1H. The van der Waals surface area contributed by atoms with E-state index in [0.29, 0.717) is 38.0 Å². The number of nitrogens with two attached hydrogens (primary N) is 1. The molecule has 2 aliphatic rings. The fourth-order valence-corrected chi connectivity index (χ4v) is 3.60. The van der Waals surface area contributed by atoms with Crippen molar-refractivity contribution in [3.63, 3.8) is 0 Å². The number of hydrogen-bond acceptors (Lipinski definition) is 4. The molecule has 1 saturated heterocycles. The molecule has 8 heteroatoms. The highest BCUT2D eigenvalue weighted by Gasteiger charge is 2.24. The lowest BCUT2D eigenvalue weighted by molar-refractivity contribution is -0.133. The van der Waals surface area contributed by atoms with E-state index in [2.05, 4.69) is 17.1 Å². The van der Waals surface area contributed by atoms with Crippen LogP contribution in [0, 0.1) is 5.92 Å². The fourth-order valence-electron chi connectivity index (χ4n) is 3.60. The van der Waals surface area contributed by atoms with Gasteiger partial charge in [0.2, 0.25) is 11.8 Å². The zero-order chi connectivity index (χ0) is 16.8. The highest BCUT2D eigenvalue weighted by molar-refractivity contribution is 5.85. The summed E-state index contributed by atoms with van der Waals surface area (Å²) >= 11 is 0. The van der Waals surface area contributed by atoms with Crippen LogP contribution in [0.4, 0.5) is 0 Å². The van der Waals surface area contributed by atoms with E-state index in [1.165, 1.54) is 12.8 Å². The molecule has 2 rings (SSSR count). The summed E-state index contributed by atoms with van der Waals surface area (Å²) in [7, 11) is 0. The molecule has 0 spiro atoms. The van der Waals surface area contributed by atoms with Gasteiger partial charge in [0.15, 0.2) is 0 Å². The topological polar surface area (TPSA) is 78.7 Å². The lowest BCUT2D eigenvalue weighted by Gasteiger charge is -2.35. The van der Waals surface area contributed by atoms with Crippen LogP contribution in [0.2, 0.25) is 0 Å². The van der Waals surface area contributed by atoms with E-state index >= 15 is 0 Å². The quantitative estimate of drug-likeness (QED) is 0.735. The van der Waals surface area contributed by atoms with E-state index in [0.717, 1.165) is 25.9 Å². The molecule has 3 atom stereocenters. The average Bonchev–Trinajstić information content (AvgIpc) is 2.47. The Kier molecular flexibility index (Phi) is 11.7. The van der Waals surface area contributed by atoms with Gasteiger partial charge in [-0.3, -0.25) is 14.5 Å². The SMILES string of the molecule is CC(N)CC(=O)N1CCN(CC(=O)NC2CCCC(C)C2)CC1.Cl.Cl. The second kappa shape index (κ2) is 11.9. The number of hydrogen-bond donors (Lipinski definition) is 2. The van der Waals surface area contributed by atoms with Crippen LogP contribution in [-0.2, 0) is 9.59 Å². The number of carbonyl (C=O) groups is 2. The highest BCUT2D eigenvalue weighted by Crippen LogP contribution is 2.23. The normalized spacial score (nSPS) is 25.3. The Morgan fingerprint density at radius 3 is 2.36 bits per heavy atom. The van der Waals surface area contributed by atoms with Crippen molar-refractivity contribution in [2.24, 2.45) is 11.7 Å². The Bertz CT molecular complexity index is 415. The molecule has 25 heavy (non-hydrogen) atoms. The van der Waals surface area contributed by atoms with Gasteiger partial charge in [0, 0.05) is 44.7 Å². The van der Waals surface area contributed by atoms with E-state index < -0.39 is 0 Å². The Morgan fingerprint density at radius 1 is 1.16 bits per heavy atom. The summed E-state index contributed by atoms with van der Waals surface area (Å²) < 4.78 is 0. The number of piperazine rings is 1. The van der Waals surface area contributed by atoms with Crippen LogP contribution in [0.15, 0.2) is 0 Å². The molecule has 0 aromatic carbocycles. The minimum Gasteiger partial charge on any atom is -0.352 e. The molecule has 3 unspecified atom stereocenters. The number of carbonyl (C=O) groups excluding carboxylic acids is 2. The lowest BCUT2D eigenvalue weighted by atomic mass is 9.87. The second-order valence-electron chi connectivity index (χ2n) is 7.37. The third kappa shape index (κ3) is 8.58. The van der Waals surface area contributed by atoms with Gasteiger partial charge in [0.05, 0.1) is 6.54 Å². The molecule has 0 aromatic heterocycles. The third-order valence-electron chi connectivity index (χ3n) is 4.89. The summed E-state index contributed by atoms with van der Waals surface area (Å²) in [5.41, 5.74) is 5.68. The number of nitrogens with zero attached hydrogens (tertiary/aromatic N) is 2. The van der Waals surface area contributed by atoms with Gasteiger partial charge in [-0.05, 0) is 25.7 Å². The lowest BCUT2D eigenvalue weighted by Crippen LogP contribution is -2.52. The van der Waals surface area contributed by atoms with Crippen LogP contribution in [0.5, 0.6) is 0 Å². The fraction of sp³-hybridized carbons (Fsp3) is 0.882. The molecule has 1 heterocycles. The molecule has 2 amide bonds. The van der Waals surface area contributed by atoms with Gasteiger partial charge in [-0.15, -0.1) is 24.8 Å². The zero-order valence-electron chi connectivity index (χ0n) is 15.4. The highest BCUT2D eigenvalue weighted by atomic mass is 35.5. The molecule has 3 N–H and O–H groups in total. The summed E-state index contributed by atoms with van der Waals surface area (Å²) in [6.07, 6.45) is 5.11. The predicted molar refractivity (Wildman–Crippen MR) is 105 cm³/mol. The van der Waals surface area contributed by atoms with Crippen molar-refractivity contribution in [1.82, 2.24) is 15.1 Å². The summed E-state index contributed by atoms with van der Waals surface area (Å²) in [6, 6.07) is 0.254. The number of halogens is 2. The number of nitrogens with one attached hydrogen (secondary N) is 1. The Hall–Kier alpha value is -0.560. The Balaban J connectivity index is 0.00000288. The summed E-state index contributed by atoms with van der Waals surface area (Å²) in [4.78, 5) is 28.2. The molecule has 0 aromatic rings. The van der Waals surface area contributed by atoms with Crippen molar-refractivity contribution in [2.75, 3.05) is 32.7 Å². The van der Waals surface area contributed by atoms with Gasteiger partial charge in [0.25, 0.3) is 0 Å². The van der Waals surface area contributed by atoms with Crippen LogP contribution < -0.4 is 11.1 Å². The first-order chi connectivity index (χ1) is 10.9. The molecule has 148 valence electrons. The zero-order valence-corrected chi connectivity index (χ0v) is 17.0. The first-order valence-corrected chi connectivity index (χ1v) is 8.99. The Morgan fingerprint density at radius 2 is 1.80 bits per heavy atom. The van der Waals surface area contributed by atoms with E-state index in [-0.39, 0.29) is 42.7 Å². The van der Waals surface area contributed by atoms with Gasteiger partial charge >= 0.3 is 0 Å². The van der Waals surface area contributed by atoms with Crippen molar-refractivity contribution >= 4 is 36.6 Å². The summed E-state index contributed by atoms with van der Waals surface area (Å²) in [5.74, 6) is 0.966. The van der Waals surface area contributed by atoms with Crippen molar-refractivity contribution in [3.8, 4) is 0 Å². The van der Waals surface area contributed by atoms with E-state index in [1.54, 1.807) is 0 Å². The van der Waals surface area contributed by atoms with Crippen LogP contribution in [0.25, 0.3) is 0 Å². The molecular weight excluding hydrogens is 363 g/mol. The van der Waals surface area contributed by atoms with Crippen molar-refractivity contribution in [2.45, 2.75) is 58.0 Å². The molecular formula is C17H34Cl2N4O2. The summed E-state index contributed by atoms with van der Waals surface area (Å²) in [5, 5.41) is 3.18. The van der Waals surface area contributed by atoms with Gasteiger partial charge in [-0.2, -0.15) is 0 Å². The largest absolute Gasteiger partial charge is 0.352 e. The minimum atomic E-state index is -0.0933. The Labute approximate surface area is 164 Å². The van der Waals surface area contributed by atoms with E-state index in [1.807, 2.05) is 11.8 Å². The molecule has 0 radical (unpaired) electrons. The third-order valence-corrected chi connectivity index (χ3v) is 4.89. The summed E-state index contributed by atoms with van der Waals surface area (Å²) in [6.45, 7) is 7.47.